The highest BCUT2D eigenvalue weighted by Gasteiger charge is 2.68. The lowest BCUT2D eigenvalue weighted by Crippen LogP contribution is -2.68. The molecule has 420 valence electrons. The summed E-state index contributed by atoms with van der Waals surface area (Å²) in [5.41, 5.74) is 10.7. The van der Waals surface area contributed by atoms with Gasteiger partial charge in [-0.25, -0.2) is 4.79 Å². The predicted octanol–water partition coefficient (Wildman–Crippen LogP) is 3.57. The number of amides is 7. The van der Waals surface area contributed by atoms with E-state index in [9.17, 15) is 42.3 Å². The van der Waals surface area contributed by atoms with E-state index in [4.69, 9.17) is 15.6 Å². The number of nitrogens with one attached hydrogen (secondary N) is 4. The number of nitrogens with two attached hydrogens (primary N) is 1. The van der Waals surface area contributed by atoms with E-state index in [2.05, 4.69) is 25.8 Å². The molecule has 4 bridgehead atoms. The van der Waals surface area contributed by atoms with Crippen LogP contribution in [0.15, 0.2) is 140 Å². The first-order chi connectivity index (χ1) is 38.7. The molecule has 1 aromatic heterocycles. The normalized spacial score (nSPS) is 25.9. The summed E-state index contributed by atoms with van der Waals surface area (Å²) in [6.07, 6.45) is -2.98. The van der Waals surface area contributed by atoms with Gasteiger partial charge in [0.05, 0.1) is 11.7 Å². The molecule has 1 spiro atoms. The number of fused-ring (bicyclic) bond motifs is 9. The third-order valence-corrected chi connectivity index (χ3v) is 15.8. The summed E-state index contributed by atoms with van der Waals surface area (Å²) in [6.45, 7) is 1.71. The number of rotatable bonds is 6. The SMILES string of the molecule is C[C@@H]1NC(=O)[C@H](Cc2ccc(O)cc2)NC(=O)[C@@H]2CCCN2C(=O)[C@H](Cc2ccccc2)NC(=O)[C@@H](N)Cc2cn(c3ccccc23)[C@]23C[C@H](NC1=O)C(=O)N1[C@@H](Cc4ccccc4)C(=O)N(c4ccccc42)[C@@H]13.O=C(O)C(F)(F)F. The van der Waals surface area contributed by atoms with Crippen LogP contribution in [0.3, 0.4) is 0 Å². The molecule has 0 unspecified atom stereocenters. The Bertz CT molecular complexity index is 3440. The average molecular weight is 1110 g/mol. The number of carboxylic acid groups (broad SMARTS) is 1. The number of phenols is 1. The van der Waals surface area contributed by atoms with Gasteiger partial charge < -0.3 is 51.6 Å². The molecule has 6 aromatic rings. The Kier molecular flexibility index (Phi) is 15.2. The second kappa shape index (κ2) is 22.2. The number of carbonyl (C=O) groups excluding carboxylic acids is 7. The first-order valence-corrected chi connectivity index (χ1v) is 26.5. The highest BCUT2D eigenvalue weighted by Crippen LogP contribution is 2.57. The molecular weight excluding hydrogens is 1050 g/mol. The van der Waals surface area contributed by atoms with Crippen molar-refractivity contribution in [2.45, 2.75) is 112 Å². The van der Waals surface area contributed by atoms with Gasteiger partial charge in [0.2, 0.25) is 35.4 Å². The lowest BCUT2D eigenvalue weighted by Gasteiger charge is -2.49. The van der Waals surface area contributed by atoms with Crippen molar-refractivity contribution in [1.82, 2.24) is 35.6 Å². The van der Waals surface area contributed by atoms with E-state index < -0.39 is 102 Å². The maximum atomic E-state index is 15.4. The molecule has 7 amide bonds. The molecule has 3 fully saturated rings. The van der Waals surface area contributed by atoms with Gasteiger partial charge in [-0.15, -0.1) is 0 Å². The third-order valence-electron chi connectivity index (χ3n) is 15.8. The topological polar surface area (TPSA) is 266 Å². The Labute approximate surface area is 462 Å². The van der Waals surface area contributed by atoms with Gasteiger partial charge in [0, 0.05) is 54.9 Å². The van der Waals surface area contributed by atoms with Crippen molar-refractivity contribution >= 4 is 63.9 Å². The second-order valence-corrected chi connectivity index (χ2v) is 21.0. The van der Waals surface area contributed by atoms with Crippen molar-refractivity contribution in [3.8, 4) is 5.75 Å². The van der Waals surface area contributed by atoms with Crippen LogP contribution in [0.4, 0.5) is 18.9 Å². The molecule has 11 rings (SSSR count). The zero-order chi connectivity index (χ0) is 57.5. The standard InChI is InChI=1S/C57H57N9O8.C2HF3O2/c1-33-49(68)62-44-31-57(40-18-9-11-20-46(40)65-55(74)48(66(54(44)73)56(57)65)29-35-15-6-3-7-16-35)64-32-37(39-17-8-10-19-45(39)64)30-41(58)50(69)61-43(28-34-13-4-2-5-14-34)53(72)63-26-12-21-47(63)52(71)60-42(51(70)59-33)27-36-22-24-38(67)25-23-36;3-2(4,5)1(6)7/h2-11,13-20,22-25,32-33,41-44,47-48,56,67H,12,21,26-31,58H2,1H3,(H,59,70)(H,60,71)(H,61,69)(H,62,68);(H,6,7)/t33-,41-,42-,43-,44-,47-,48-,56-,57+;/m0./s1. The van der Waals surface area contributed by atoms with Crippen LogP contribution in [-0.2, 0) is 69.6 Å². The number of aromatic hydroxyl groups is 1. The van der Waals surface area contributed by atoms with E-state index in [1.165, 1.54) is 24.0 Å². The highest BCUT2D eigenvalue weighted by molar-refractivity contribution is 6.08. The molecule has 81 heavy (non-hydrogen) atoms. The molecule has 8 N–H and O–H groups in total. The molecule has 5 aliphatic heterocycles. The monoisotopic (exact) mass is 1110 g/mol. The molecule has 5 aromatic carbocycles. The van der Waals surface area contributed by atoms with Gasteiger partial charge in [0.1, 0.15) is 53.7 Å². The molecule has 0 aliphatic carbocycles. The minimum absolute atomic E-state index is 0.00234. The van der Waals surface area contributed by atoms with E-state index in [0.717, 1.165) is 27.6 Å². The van der Waals surface area contributed by atoms with Crippen LogP contribution in [0.1, 0.15) is 54.0 Å². The maximum absolute atomic E-state index is 15.4. The summed E-state index contributed by atoms with van der Waals surface area (Å²) in [7, 11) is 0. The van der Waals surface area contributed by atoms with Crippen molar-refractivity contribution in [2.75, 3.05) is 11.4 Å². The zero-order valence-electron chi connectivity index (χ0n) is 43.7. The quantitative estimate of drug-likeness (QED) is 0.127. The number of carboxylic acids is 1. The van der Waals surface area contributed by atoms with E-state index in [1.54, 1.807) is 21.9 Å². The van der Waals surface area contributed by atoms with Crippen molar-refractivity contribution < 1.29 is 61.7 Å². The van der Waals surface area contributed by atoms with Gasteiger partial charge in [0.25, 0.3) is 5.91 Å². The highest BCUT2D eigenvalue weighted by atomic mass is 19.4. The Morgan fingerprint density at radius 1 is 0.679 bits per heavy atom. The molecule has 5 aliphatic rings. The lowest BCUT2D eigenvalue weighted by atomic mass is 9.78. The number of hydrogen-bond donors (Lipinski definition) is 7. The van der Waals surface area contributed by atoms with E-state index in [0.29, 0.717) is 23.2 Å². The number of anilines is 1. The fourth-order valence-corrected chi connectivity index (χ4v) is 12.1. The molecule has 9 atom stereocenters. The minimum atomic E-state index is -5.08. The van der Waals surface area contributed by atoms with Gasteiger partial charge >= 0.3 is 12.1 Å². The van der Waals surface area contributed by atoms with Gasteiger partial charge in [-0.05, 0) is 72.7 Å². The number of nitrogens with zero attached hydrogens (tertiary/aromatic N) is 4. The number of aliphatic carboxylic acids is 1. The van der Waals surface area contributed by atoms with Crippen LogP contribution >= 0.6 is 0 Å². The van der Waals surface area contributed by atoms with Crippen molar-refractivity contribution in [1.29, 1.82) is 0 Å². The van der Waals surface area contributed by atoms with Crippen LogP contribution < -0.4 is 31.9 Å². The Morgan fingerprint density at radius 2 is 1.27 bits per heavy atom. The summed E-state index contributed by atoms with van der Waals surface area (Å²) in [4.78, 5) is 117. The number of carbonyl (C=O) groups is 8. The number of benzene rings is 5. The van der Waals surface area contributed by atoms with Crippen LogP contribution in [0.2, 0.25) is 0 Å². The van der Waals surface area contributed by atoms with Crippen molar-refractivity contribution in [2.24, 2.45) is 5.73 Å². The van der Waals surface area contributed by atoms with E-state index >= 15 is 9.59 Å². The molecule has 3 saturated heterocycles. The largest absolute Gasteiger partial charge is 0.508 e. The third kappa shape index (κ3) is 10.7. The number of phenolic OH excluding ortho intramolecular Hbond substituents is 1. The molecule has 22 heteroatoms. The van der Waals surface area contributed by atoms with Gasteiger partial charge in [-0.2, -0.15) is 13.2 Å². The summed E-state index contributed by atoms with van der Waals surface area (Å²) < 4.78 is 33.8. The molecule has 6 heterocycles. The number of para-hydroxylation sites is 2. The van der Waals surface area contributed by atoms with Gasteiger partial charge in [-0.3, -0.25) is 38.5 Å². The summed E-state index contributed by atoms with van der Waals surface area (Å²) >= 11 is 0. The summed E-state index contributed by atoms with van der Waals surface area (Å²) in [6, 6.07) is 32.1. The summed E-state index contributed by atoms with van der Waals surface area (Å²) in [5, 5.41) is 29.6. The molecule has 19 nitrogen and oxygen atoms in total. The van der Waals surface area contributed by atoms with Gasteiger partial charge in [0.15, 0.2) is 0 Å². The predicted molar refractivity (Wildman–Crippen MR) is 288 cm³/mol. The number of alkyl halides is 3. The van der Waals surface area contributed by atoms with E-state index in [1.807, 2.05) is 115 Å². The van der Waals surface area contributed by atoms with E-state index in [-0.39, 0.29) is 56.7 Å². The Hall–Kier alpha value is -9.05. The van der Waals surface area contributed by atoms with Crippen LogP contribution in [0.25, 0.3) is 10.9 Å². The number of hydrogen-bond acceptors (Lipinski definition) is 10. The summed E-state index contributed by atoms with van der Waals surface area (Å²) in [5.74, 6) is -6.55. The van der Waals surface area contributed by atoms with Crippen molar-refractivity contribution in [3.05, 3.63) is 167 Å². The lowest BCUT2D eigenvalue weighted by molar-refractivity contribution is -0.192. The Morgan fingerprint density at radius 3 is 1.95 bits per heavy atom. The number of piperidine rings is 1. The second-order valence-electron chi connectivity index (χ2n) is 21.0. The maximum Gasteiger partial charge on any atom is 0.490 e. The molecule has 0 radical (unpaired) electrons. The molecular formula is C59H58F3N9O10. The fourth-order valence-electron chi connectivity index (χ4n) is 12.1. The van der Waals surface area contributed by atoms with Crippen LogP contribution in [-0.4, -0.2) is 133 Å². The fraction of sp³-hybridized carbons (Fsp3) is 0.322. The van der Waals surface area contributed by atoms with Crippen LogP contribution in [0.5, 0.6) is 5.75 Å². The minimum Gasteiger partial charge on any atom is -0.508 e. The first-order valence-electron chi connectivity index (χ1n) is 26.5. The smallest absolute Gasteiger partial charge is 0.490 e. The van der Waals surface area contributed by atoms with Crippen LogP contribution in [0, 0.1) is 0 Å². The zero-order valence-corrected chi connectivity index (χ0v) is 43.7. The molecule has 0 saturated carbocycles. The first kappa shape index (κ1) is 55.3. The number of halogens is 3. The van der Waals surface area contributed by atoms with Crippen molar-refractivity contribution in [3.63, 3.8) is 0 Å². The Balaban J connectivity index is 0.000000988. The number of aromatic nitrogens is 1. The average Bonchev–Trinajstić information content (AvgIpc) is 1.68. The van der Waals surface area contributed by atoms with Gasteiger partial charge in [-0.1, -0.05) is 109 Å².